The van der Waals surface area contributed by atoms with Gasteiger partial charge in [-0.2, -0.15) is 0 Å². The van der Waals surface area contributed by atoms with E-state index in [2.05, 4.69) is 29.7 Å². The van der Waals surface area contributed by atoms with Crippen LogP contribution < -0.4 is 0 Å². The Morgan fingerprint density at radius 3 is 2.75 bits per heavy atom. The van der Waals surface area contributed by atoms with Gasteiger partial charge in [0.1, 0.15) is 17.1 Å². The fraction of sp³-hybridized carbons (Fsp3) is 0.188. The summed E-state index contributed by atoms with van der Waals surface area (Å²) in [6.07, 6.45) is 1.99. The van der Waals surface area contributed by atoms with E-state index in [0.29, 0.717) is 18.1 Å². The lowest BCUT2D eigenvalue weighted by Crippen LogP contribution is -1.97. The van der Waals surface area contributed by atoms with Crippen molar-refractivity contribution in [3.63, 3.8) is 0 Å². The van der Waals surface area contributed by atoms with Crippen LogP contribution in [0.2, 0.25) is 0 Å². The highest BCUT2D eigenvalue weighted by Crippen LogP contribution is 2.21. The van der Waals surface area contributed by atoms with Gasteiger partial charge < -0.3 is 14.1 Å². The Kier molecular flexibility index (Phi) is 2.86. The van der Waals surface area contributed by atoms with Gasteiger partial charge in [-0.25, -0.2) is 4.79 Å². The molecule has 0 aliphatic rings. The molecule has 20 heavy (non-hydrogen) atoms. The number of hydrogen-bond acceptors (Lipinski definition) is 2. The highest BCUT2D eigenvalue weighted by Gasteiger charge is 2.14. The number of fused-ring (bicyclic) bond motifs is 1. The quantitative estimate of drug-likeness (QED) is 0.790. The summed E-state index contributed by atoms with van der Waals surface area (Å²) in [5, 5.41) is 10.2. The predicted octanol–water partition coefficient (Wildman–Crippen LogP) is 3.60. The standard InChI is InChI=1S/C16H15NO3/c1-10-3-4-12-5-6-17(15(12)7-10)9-13-8-14(16(18)19)11(2)20-13/h3-8H,9H2,1-2H3,(H,18,19). The molecule has 0 unspecified atom stereocenters. The van der Waals surface area contributed by atoms with Crippen molar-refractivity contribution in [3.05, 3.63) is 59.2 Å². The Morgan fingerprint density at radius 2 is 2.05 bits per heavy atom. The van der Waals surface area contributed by atoms with Crippen molar-refractivity contribution in [2.45, 2.75) is 20.4 Å². The van der Waals surface area contributed by atoms with Crippen LogP contribution in [0.3, 0.4) is 0 Å². The number of rotatable bonds is 3. The van der Waals surface area contributed by atoms with E-state index in [1.807, 2.05) is 12.3 Å². The summed E-state index contributed by atoms with van der Waals surface area (Å²) in [6.45, 7) is 4.25. The van der Waals surface area contributed by atoms with Crippen LogP contribution in [0.1, 0.15) is 27.4 Å². The maximum atomic E-state index is 11.0. The molecule has 0 radical (unpaired) electrons. The monoisotopic (exact) mass is 269 g/mol. The van der Waals surface area contributed by atoms with Gasteiger partial charge >= 0.3 is 5.97 Å². The minimum absolute atomic E-state index is 0.229. The number of carboxylic acid groups (broad SMARTS) is 1. The number of nitrogens with zero attached hydrogens (tertiary/aromatic N) is 1. The van der Waals surface area contributed by atoms with E-state index in [9.17, 15) is 4.79 Å². The Labute approximate surface area is 116 Å². The first-order valence-corrected chi connectivity index (χ1v) is 6.42. The first-order chi connectivity index (χ1) is 9.54. The third kappa shape index (κ3) is 2.09. The molecule has 2 heterocycles. The molecule has 0 saturated carbocycles. The zero-order valence-corrected chi connectivity index (χ0v) is 11.4. The molecule has 1 aromatic carbocycles. The summed E-state index contributed by atoms with van der Waals surface area (Å²) in [5.41, 5.74) is 2.54. The summed E-state index contributed by atoms with van der Waals surface area (Å²) < 4.78 is 7.59. The Morgan fingerprint density at radius 1 is 1.25 bits per heavy atom. The number of hydrogen-bond donors (Lipinski definition) is 1. The van der Waals surface area contributed by atoms with Crippen molar-refractivity contribution < 1.29 is 14.3 Å². The van der Waals surface area contributed by atoms with E-state index in [4.69, 9.17) is 9.52 Å². The molecule has 0 aliphatic carbocycles. The average Bonchev–Trinajstić information content (AvgIpc) is 2.94. The molecule has 102 valence electrons. The van der Waals surface area contributed by atoms with Gasteiger partial charge in [0.25, 0.3) is 0 Å². The fourth-order valence-corrected chi connectivity index (χ4v) is 2.43. The van der Waals surface area contributed by atoms with Gasteiger partial charge in [-0.15, -0.1) is 0 Å². The third-order valence-corrected chi connectivity index (χ3v) is 3.45. The second-order valence-electron chi connectivity index (χ2n) is 4.99. The molecule has 3 aromatic rings. The predicted molar refractivity (Wildman–Crippen MR) is 76.2 cm³/mol. The summed E-state index contributed by atoms with van der Waals surface area (Å²) in [5.74, 6) is 0.143. The lowest BCUT2D eigenvalue weighted by molar-refractivity contribution is 0.0695. The van der Waals surface area contributed by atoms with Crippen molar-refractivity contribution in [3.8, 4) is 0 Å². The van der Waals surface area contributed by atoms with Crippen molar-refractivity contribution in [2.24, 2.45) is 0 Å². The second kappa shape index (κ2) is 4.56. The first kappa shape index (κ1) is 12.5. The molecular weight excluding hydrogens is 254 g/mol. The molecule has 4 nitrogen and oxygen atoms in total. The molecule has 1 N–H and O–H groups in total. The van der Waals surface area contributed by atoms with Crippen molar-refractivity contribution >= 4 is 16.9 Å². The highest BCUT2D eigenvalue weighted by atomic mass is 16.4. The van der Waals surface area contributed by atoms with Gasteiger partial charge in [0.2, 0.25) is 0 Å². The first-order valence-electron chi connectivity index (χ1n) is 6.42. The van der Waals surface area contributed by atoms with Gasteiger partial charge in [0.15, 0.2) is 0 Å². The van der Waals surface area contributed by atoms with E-state index in [1.165, 1.54) is 5.56 Å². The summed E-state index contributed by atoms with van der Waals surface area (Å²) >= 11 is 0. The number of aromatic nitrogens is 1. The molecule has 0 fully saturated rings. The van der Waals surface area contributed by atoms with E-state index in [0.717, 1.165) is 10.9 Å². The van der Waals surface area contributed by atoms with Crippen LogP contribution in [0.15, 0.2) is 40.9 Å². The maximum Gasteiger partial charge on any atom is 0.339 e. The molecule has 0 amide bonds. The average molecular weight is 269 g/mol. The van der Waals surface area contributed by atoms with Gasteiger partial charge in [-0.3, -0.25) is 0 Å². The number of furan rings is 1. The summed E-state index contributed by atoms with van der Waals surface area (Å²) in [4.78, 5) is 11.0. The van der Waals surface area contributed by atoms with Gasteiger partial charge in [-0.1, -0.05) is 12.1 Å². The molecule has 0 bridgehead atoms. The normalized spacial score (nSPS) is 11.1. The van der Waals surface area contributed by atoms with E-state index in [1.54, 1.807) is 13.0 Å². The lowest BCUT2D eigenvalue weighted by Gasteiger charge is -2.03. The van der Waals surface area contributed by atoms with E-state index < -0.39 is 5.97 Å². The van der Waals surface area contributed by atoms with Gasteiger partial charge in [-0.05, 0) is 43.0 Å². The van der Waals surface area contributed by atoms with E-state index in [-0.39, 0.29) is 5.56 Å². The van der Waals surface area contributed by atoms with Crippen LogP contribution in [0, 0.1) is 13.8 Å². The second-order valence-corrected chi connectivity index (χ2v) is 4.99. The van der Waals surface area contributed by atoms with Crippen molar-refractivity contribution in [1.82, 2.24) is 4.57 Å². The Hall–Kier alpha value is -2.49. The molecule has 0 aliphatic heterocycles. The largest absolute Gasteiger partial charge is 0.478 e. The Balaban J connectivity index is 1.99. The van der Waals surface area contributed by atoms with Crippen molar-refractivity contribution in [1.29, 1.82) is 0 Å². The van der Waals surface area contributed by atoms with Crippen LogP contribution >= 0.6 is 0 Å². The fourth-order valence-electron chi connectivity index (χ4n) is 2.43. The molecule has 3 rings (SSSR count). The number of carboxylic acids is 1. The topological polar surface area (TPSA) is 55.4 Å². The maximum absolute atomic E-state index is 11.0. The summed E-state index contributed by atoms with van der Waals surface area (Å²) in [7, 11) is 0. The third-order valence-electron chi connectivity index (χ3n) is 3.45. The van der Waals surface area contributed by atoms with Crippen LogP contribution in [0.25, 0.3) is 10.9 Å². The number of aromatic carboxylic acids is 1. The molecular formula is C16H15NO3. The van der Waals surface area contributed by atoms with E-state index >= 15 is 0 Å². The molecule has 2 aromatic heterocycles. The van der Waals surface area contributed by atoms with Crippen LogP contribution in [-0.2, 0) is 6.54 Å². The number of carbonyl (C=O) groups is 1. The number of aryl methyl sites for hydroxylation is 2. The minimum atomic E-state index is -0.953. The SMILES string of the molecule is Cc1ccc2ccn(Cc3cc(C(=O)O)c(C)o3)c2c1. The smallest absolute Gasteiger partial charge is 0.339 e. The Bertz CT molecular complexity index is 795. The molecule has 4 heteroatoms. The number of benzene rings is 1. The lowest BCUT2D eigenvalue weighted by atomic mass is 10.2. The van der Waals surface area contributed by atoms with Gasteiger partial charge in [0, 0.05) is 11.7 Å². The highest BCUT2D eigenvalue weighted by molar-refractivity contribution is 5.88. The minimum Gasteiger partial charge on any atom is -0.478 e. The molecule has 0 saturated heterocycles. The zero-order valence-electron chi connectivity index (χ0n) is 11.4. The van der Waals surface area contributed by atoms with Crippen molar-refractivity contribution in [2.75, 3.05) is 0 Å². The van der Waals surface area contributed by atoms with Crippen LogP contribution in [0.4, 0.5) is 0 Å². The summed E-state index contributed by atoms with van der Waals surface area (Å²) in [6, 6.07) is 9.91. The molecule has 0 spiro atoms. The van der Waals surface area contributed by atoms with Crippen LogP contribution in [0.5, 0.6) is 0 Å². The molecule has 0 atom stereocenters. The van der Waals surface area contributed by atoms with Gasteiger partial charge in [0.05, 0.1) is 6.54 Å². The van der Waals surface area contributed by atoms with Crippen LogP contribution in [-0.4, -0.2) is 15.6 Å². The zero-order chi connectivity index (χ0) is 14.3.